The van der Waals surface area contributed by atoms with Crippen molar-refractivity contribution in [3.8, 4) is 11.8 Å². The van der Waals surface area contributed by atoms with Gasteiger partial charge in [0.05, 0.1) is 6.54 Å². The van der Waals surface area contributed by atoms with Crippen LogP contribution in [0.4, 0.5) is 0 Å². The van der Waals surface area contributed by atoms with Gasteiger partial charge in [-0.05, 0) is 30.4 Å². The fraction of sp³-hybridized carbons (Fsp3) is 0.471. The zero-order valence-electron chi connectivity index (χ0n) is 12.2. The van der Waals surface area contributed by atoms with Gasteiger partial charge in [-0.3, -0.25) is 4.79 Å². The third-order valence-electron chi connectivity index (χ3n) is 3.84. The summed E-state index contributed by atoms with van der Waals surface area (Å²) in [5.41, 5.74) is 7.45. The molecule has 0 spiro atoms. The number of benzene rings is 1. The van der Waals surface area contributed by atoms with E-state index >= 15 is 0 Å². The maximum atomic E-state index is 12.3. The molecular weight excluding hydrogens is 248 g/mol. The number of rotatable bonds is 4. The summed E-state index contributed by atoms with van der Waals surface area (Å²) in [4.78, 5) is 14.1. The Morgan fingerprint density at radius 1 is 1.45 bits per heavy atom. The smallest absolute Gasteiger partial charge is 0.225 e. The van der Waals surface area contributed by atoms with Crippen LogP contribution in [-0.2, 0) is 11.3 Å². The number of hydrogen-bond donors (Lipinski definition) is 1. The zero-order chi connectivity index (χ0) is 14.5. The minimum Gasteiger partial charge on any atom is -0.341 e. The normalized spacial score (nSPS) is 15.2. The molecule has 1 aromatic carbocycles. The molecule has 1 aliphatic rings. The topological polar surface area (TPSA) is 46.3 Å². The molecule has 1 aliphatic carbocycles. The minimum atomic E-state index is 0.141. The lowest BCUT2D eigenvalue weighted by Gasteiger charge is -2.22. The monoisotopic (exact) mass is 270 g/mol. The molecule has 2 rings (SSSR count). The highest BCUT2D eigenvalue weighted by Crippen LogP contribution is 2.37. The predicted octanol–water partition coefficient (Wildman–Crippen LogP) is 2.00. The van der Waals surface area contributed by atoms with Gasteiger partial charge in [0, 0.05) is 25.1 Å². The van der Waals surface area contributed by atoms with Crippen LogP contribution in [0.25, 0.3) is 0 Å². The van der Waals surface area contributed by atoms with Gasteiger partial charge in [0.25, 0.3) is 0 Å². The summed E-state index contributed by atoms with van der Waals surface area (Å²) in [5.74, 6) is 6.91. The molecule has 0 heterocycles. The molecule has 106 valence electrons. The lowest BCUT2D eigenvalue weighted by Crippen LogP contribution is -2.32. The predicted molar refractivity (Wildman–Crippen MR) is 80.7 cm³/mol. The highest BCUT2D eigenvalue weighted by Gasteiger charge is 2.34. The Bertz CT molecular complexity index is 537. The van der Waals surface area contributed by atoms with E-state index in [4.69, 9.17) is 5.73 Å². The van der Waals surface area contributed by atoms with Crippen LogP contribution in [-0.4, -0.2) is 24.4 Å². The average molecular weight is 270 g/mol. The molecule has 2 N–H and O–H groups in total. The van der Waals surface area contributed by atoms with Gasteiger partial charge in [0.15, 0.2) is 0 Å². The van der Waals surface area contributed by atoms with Gasteiger partial charge >= 0.3 is 0 Å². The first-order valence-corrected chi connectivity index (χ1v) is 7.15. The second-order valence-corrected chi connectivity index (χ2v) is 5.48. The molecule has 20 heavy (non-hydrogen) atoms. The van der Waals surface area contributed by atoms with Gasteiger partial charge in [-0.1, -0.05) is 37.0 Å². The van der Waals surface area contributed by atoms with Crippen molar-refractivity contribution >= 4 is 5.91 Å². The maximum Gasteiger partial charge on any atom is 0.225 e. The third-order valence-corrected chi connectivity index (χ3v) is 3.84. The Kier molecular flexibility index (Phi) is 4.81. The Labute approximate surface area is 121 Å². The summed E-state index contributed by atoms with van der Waals surface area (Å²) in [7, 11) is 1.87. The Morgan fingerprint density at radius 2 is 2.15 bits per heavy atom. The minimum absolute atomic E-state index is 0.141. The number of hydrogen-bond acceptors (Lipinski definition) is 2. The summed E-state index contributed by atoms with van der Waals surface area (Å²) in [6.07, 6.45) is 2.39. The maximum absolute atomic E-state index is 12.3. The molecule has 1 aromatic rings. The van der Waals surface area contributed by atoms with Gasteiger partial charge in [-0.2, -0.15) is 0 Å². The van der Waals surface area contributed by atoms with Crippen molar-refractivity contribution < 1.29 is 4.79 Å². The van der Waals surface area contributed by atoms with E-state index in [2.05, 4.69) is 11.8 Å². The molecule has 1 atom stereocenters. The van der Waals surface area contributed by atoms with Crippen molar-refractivity contribution in [1.29, 1.82) is 0 Å². The molecule has 3 nitrogen and oxygen atoms in total. The quantitative estimate of drug-likeness (QED) is 0.851. The van der Waals surface area contributed by atoms with Crippen LogP contribution in [0.15, 0.2) is 24.3 Å². The van der Waals surface area contributed by atoms with E-state index < -0.39 is 0 Å². The van der Waals surface area contributed by atoms with Crippen molar-refractivity contribution in [2.45, 2.75) is 26.3 Å². The van der Waals surface area contributed by atoms with E-state index in [1.807, 2.05) is 43.1 Å². The van der Waals surface area contributed by atoms with Crippen LogP contribution in [0.5, 0.6) is 0 Å². The molecule has 0 aliphatic heterocycles. The molecular formula is C17H22N2O. The molecule has 3 heteroatoms. The van der Waals surface area contributed by atoms with Crippen LogP contribution >= 0.6 is 0 Å². The molecule has 1 unspecified atom stereocenters. The number of carbonyl (C=O) groups is 1. The van der Waals surface area contributed by atoms with Gasteiger partial charge in [0.2, 0.25) is 5.91 Å². The summed E-state index contributed by atoms with van der Waals surface area (Å²) >= 11 is 0. The van der Waals surface area contributed by atoms with E-state index in [1.165, 1.54) is 12.8 Å². The molecule has 0 radical (unpaired) electrons. The van der Waals surface area contributed by atoms with Gasteiger partial charge < -0.3 is 10.6 Å². The van der Waals surface area contributed by atoms with E-state index in [1.54, 1.807) is 0 Å². The third kappa shape index (κ3) is 3.61. The number of carbonyl (C=O) groups excluding carboxylic acids is 1. The second-order valence-electron chi connectivity index (χ2n) is 5.48. The number of nitrogens with zero attached hydrogens (tertiary/aromatic N) is 1. The summed E-state index contributed by atoms with van der Waals surface area (Å²) in [6, 6.07) is 7.93. The Balaban J connectivity index is 2.07. The van der Waals surface area contributed by atoms with Gasteiger partial charge in [-0.15, -0.1) is 0 Å². The van der Waals surface area contributed by atoms with E-state index in [9.17, 15) is 4.79 Å². The van der Waals surface area contributed by atoms with Crippen molar-refractivity contribution in [1.82, 2.24) is 4.90 Å². The molecule has 0 bridgehead atoms. The van der Waals surface area contributed by atoms with Crippen molar-refractivity contribution in [3.63, 3.8) is 0 Å². The summed E-state index contributed by atoms with van der Waals surface area (Å²) in [5, 5.41) is 0. The van der Waals surface area contributed by atoms with E-state index in [0.717, 1.165) is 11.1 Å². The van der Waals surface area contributed by atoms with Crippen molar-refractivity contribution in [2.24, 2.45) is 17.6 Å². The standard InChI is InChI=1S/C17H22N2O/c1-13(14-9-10-14)17(20)19(2)12-16-7-4-3-6-15(16)8-5-11-18/h3-4,6-7,13-14H,9-12,18H2,1-2H3. The first-order valence-electron chi connectivity index (χ1n) is 7.15. The highest BCUT2D eigenvalue weighted by molar-refractivity contribution is 5.79. The first kappa shape index (κ1) is 14.6. The zero-order valence-corrected chi connectivity index (χ0v) is 12.2. The SMILES string of the molecule is CC(C(=O)N(C)Cc1ccccc1C#CCN)C1CC1. The lowest BCUT2D eigenvalue weighted by molar-refractivity contribution is -0.134. The van der Waals surface area contributed by atoms with E-state index in [0.29, 0.717) is 19.0 Å². The van der Waals surface area contributed by atoms with Crippen LogP contribution in [0.1, 0.15) is 30.9 Å². The molecule has 0 saturated heterocycles. The number of nitrogens with two attached hydrogens (primary N) is 1. The van der Waals surface area contributed by atoms with Gasteiger partial charge in [-0.25, -0.2) is 0 Å². The fourth-order valence-corrected chi connectivity index (χ4v) is 2.41. The van der Waals surface area contributed by atoms with Crippen molar-refractivity contribution in [3.05, 3.63) is 35.4 Å². The average Bonchev–Trinajstić information content (AvgIpc) is 3.29. The fourth-order valence-electron chi connectivity index (χ4n) is 2.41. The molecule has 1 fully saturated rings. The summed E-state index contributed by atoms with van der Waals surface area (Å²) < 4.78 is 0. The first-order chi connectivity index (χ1) is 9.63. The highest BCUT2D eigenvalue weighted by atomic mass is 16.2. The largest absolute Gasteiger partial charge is 0.341 e. The Hall–Kier alpha value is -1.79. The van der Waals surface area contributed by atoms with Crippen molar-refractivity contribution in [2.75, 3.05) is 13.6 Å². The van der Waals surface area contributed by atoms with Crippen LogP contribution in [0, 0.1) is 23.7 Å². The molecule has 1 saturated carbocycles. The Morgan fingerprint density at radius 3 is 2.80 bits per heavy atom. The summed E-state index contributed by atoms with van der Waals surface area (Å²) in [6.45, 7) is 2.99. The molecule has 1 amide bonds. The van der Waals surface area contributed by atoms with Crippen LogP contribution < -0.4 is 5.73 Å². The number of amides is 1. The second kappa shape index (κ2) is 6.58. The van der Waals surface area contributed by atoms with Crippen LogP contribution in [0.2, 0.25) is 0 Å². The van der Waals surface area contributed by atoms with E-state index in [-0.39, 0.29) is 11.8 Å². The molecule has 0 aromatic heterocycles. The van der Waals surface area contributed by atoms with Crippen LogP contribution in [0.3, 0.4) is 0 Å². The lowest BCUT2D eigenvalue weighted by atomic mass is 10.0. The van der Waals surface area contributed by atoms with Gasteiger partial charge in [0.1, 0.15) is 0 Å².